The van der Waals surface area contributed by atoms with E-state index in [1.807, 2.05) is 0 Å². The Labute approximate surface area is 165 Å². The van der Waals surface area contributed by atoms with Gasteiger partial charge in [-0.1, -0.05) is 23.2 Å². The third-order valence-electron chi connectivity index (χ3n) is 3.28. The SMILES string of the molecule is COc1cc(/C=N\NC(=O)c2cc(Cl)ccc2Cl)cc(OC)c1OC(C)=O. The summed E-state index contributed by atoms with van der Waals surface area (Å²) in [4.78, 5) is 23.4. The molecule has 1 amide bonds. The van der Waals surface area contributed by atoms with Gasteiger partial charge in [0, 0.05) is 17.5 Å². The van der Waals surface area contributed by atoms with E-state index >= 15 is 0 Å². The highest BCUT2D eigenvalue weighted by Crippen LogP contribution is 2.38. The molecule has 0 aliphatic heterocycles. The fourth-order valence-corrected chi connectivity index (χ4v) is 2.49. The highest BCUT2D eigenvalue weighted by molar-refractivity contribution is 6.35. The number of ether oxygens (including phenoxy) is 3. The first-order valence-electron chi connectivity index (χ1n) is 7.58. The van der Waals surface area contributed by atoms with Crippen LogP contribution in [0.4, 0.5) is 0 Å². The predicted octanol–water partition coefficient (Wildman–Crippen LogP) is 3.70. The lowest BCUT2D eigenvalue weighted by Crippen LogP contribution is -2.18. The predicted molar refractivity (Wildman–Crippen MR) is 102 cm³/mol. The number of hydrogen-bond donors (Lipinski definition) is 1. The topological polar surface area (TPSA) is 86.2 Å². The van der Waals surface area contributed by atoms with E-state index in [1.165, 1.54) is 39.5 Å². The van der Waals surface area contributed by atoms with Crippen LogP contribution in [0.25, 0.3) is 0 Å². The van der Waals surface area contributed by atoms with E-state index in [4.69, 9.17) is 37.4 Å². The van der Waals surface area contributed by atoms with Crippen molar-refractivity contribution in [3.05, 3.63) is 51.5 Å². The molecule has 0 radical (unpaired) electrons. The summed E-state index contributed by atoms with van der Waals surface area (Å²) in [6.45, 7) is 1.27. The molecule has 2 aromatic carbocycles. The van der Waals surface area contributed by atoms with Crippen molar-refractivity contribution in [2.45, 2.75) is 6.92 Å². The highest BCUT2D eigenvalue weighted by atomic mass is 35.5. The molecule has 9 heteroatoms. The molecule has 0 bridgehead atoms. The van der Waals surface area contributed by atoms with Gasteiger partial charge in [-0.05, 0) is 30.3 Å². The number of hydrazone groups is 1. The van der Waals surface area contributed by atoms with E-state index in [9.17, 15) is 9.59 Å². The van der Waals surface area contributed by atoms with E-state index in [2.05, 4.69) is 10.5 Å². The maximum atomic E-state index is 12.2. The van der Waals surface area contributed by atoms with Crippen molar-refractivity contribution < 1.29 is 23.8 Å². The van der Waals surface area contributed by atoms with Crippen LogP contribution in [0.15, 0.2) is 35.4 Å². The molecule has 0 heterocycles. The smallest absolute Gasteiger partial charge is 0.308 e. The number of halogens is 2. The van der Waals surface area contributed by atoms with Crippen molar-refractivity contribution in [2.24, 2.45) is 5.10 Å². The van der Waals surface area contributed by atoms with Crippen LogP contribution in [0, 0.1) is 0 Å². The van der Waals surface area contributed by atoms with E-state index < -0.39 is 11.9 Å². The highest BCUT2D eigenvalue weighted by Gasteiger charge is 2.16. The van der Waals surface area contributed by atoms with Gasteiger partial charge < -0.3 is 14.2 Å². The van der Waals surface area contributed by atoms with Gasteiger partial charge in [0.25, 0.3) is 5.91 Å². The number of carbonyl (C=O) groups excluding carboxylic acids is 2. The molecular weight excluding hydrogens is 395 g/mol. The average molecular weight is 411 g/mol. The monoisotopic (exact) mass is 410 g/mol. The van der Waals surface area contributed by atoms with E-state index in [0.717, 1.165) is 0 Å². The summed E-state index contributed by atoms with van der Waals surface area (Å²) in [5, 5.41) is 4.51. The van der Waals surface area contributed by atoms with E-state index in [1.54, 1.807) is 18.2 Å². The first-order chi connectivity index (χ1) is 12.8. The Balaban J connectivity index is 2.22. The Morgan fingerprint density at radius 2 is 1.70 bits per heavy atom. The molecule has 0 spiro atoms. The van der Waals surface area contributed by atoms with Crippen LogP contribution in [0.3, 0.4) is 0 Å². The Hall–Kier alpha value is -2.77. The lowest BCUT2D eigenvalue weighted by Gasteiger charge is -2.13. The zero-order valence-corrected chi connectivity index (χ0v) is 16.2. The van der Waals surface area contributed by atoms with Crippen LogP contribution in [-0.4, -0.2) is 32.3 Å². The molecule has 0 aliphatic rings. The Bertz CT molecular complexity index is 874. The maximum absolute atomic E-state index is 12.2. The second-order valence-corrected chi connectivity index (χ2v) is 6.02. The van der Waals surface area contributed by atoms with Gasteiger partial charge >= 0.3 is 5.97 Å². The molecule has 0 unspecified atom stereocenters. The van der Waals surface area contributed by atoms with Crippen molar-refractivity contribution in [1.29, 1.82) is 0 Å². The number of rotatable bonds is 6. The summed E-state index contributed by atoms with van der Waals surface area (Å²) >= 11 is 11.8. The van der Waals surface area contributed by atoms with Gasteiger partial charge in [0.2, 0.25) is 5.75 Å². The summed E-state index contributed by atoms with van der Waals surface area (Å²) in [6.07, 6.45) is 1.37. The third kappa shape index (κ3) is 5.35. The maximum Gasteiger partial charge on any atom is 0.308 e. The van der Waals surface area contributed by atoms with Gasteiger partial charge in [0.1, 0.15) is 0 Å². The number of amides is 1. The molecule has 0 saturated carbocycles. The van der Waals surface area contributed by atoms with Gasteiger partial charge in [0.15, 0.2) is 11.5 Å². The van der Waals surface area contributed by atoms with Crippen molar-refractivity contribution >= 4 is 41.3 Å². The fourth-order valence-electron chi connectivity index (χ4n) is 2.12. The number of nitrogens with one attached hydrogen (secondary N) is 1. The summed E-state index contributed by atoms with van der Waals surface area (Å²) in [6, 6.07) is 7.68. The van der Waals surface area contributed by atoms with Crippen LogP contribution in [0.1, 0.15) is 22.8 Å². The summed E-state index contributed by atoms with van der Waals surface area (Å²) in [7, 11) is 2.84. The second kappa shape index (κ2) is 9.25. The Morgan fingerprint density at radius 1 is 1.07 bits per heavy atom. The number of esters is 1. The lowest BCUT2D eigenvalue weighted by molar-refractivity contribution is -0.132. The van der Waals surface area contributed by atoms with Gasteiger partial charge in [-0.3, -0.25) is 9.59 Å². The zero-order chi connectivity index (χ0) is 20.0. The quantitative estimate of drug-likeness (QED) is 0.339. The zero-order valence-electron chi connectivity index (χ0n) is 14.7. The Kier molecular flexibility index (Phi) is 7.04. The molecule has 27 heavy (non-hydrogen) atoms. The normalized spacial score (nSPS) is 10.6. The molecule has 7 nitrogen and oxygen atoms in total. The molecule has 0 aliphatic carbocycles. The van der Waals surface area contributed by atoms with Gasteiger partial charge in [-0.15, -0.1) is 0 Å². The average Bonchev–Trinajstić information content (AvgIpc) is 2.63. The third-order valence-corrected chi connectivity index (χ3v) is 3.85. The van der Waals surface area contributed by atoms with Crippen LogP contribution in [-0.2, 0) is 4.79 Å². The molecule has 0 atom stereocenters. The largest absolute Gasteiger partial charge is 0.493 e. The minimum atomic E-state index is -0.519. The van der Waals surface area contributed by atoms with Gasteiger partial charge in [-0.25, -0.2) is 5.43 Å². The number of nitrogens with zero attached hydrogens (tertiary/aromatic N) is 1. The Morgan fingerprint density at radius 3 is 2.26 bits per heavy atom. The summed E-state index contributed by atoms with van der Waals surface area (Å²) in [5.41, 5.74) is 3.09. The van der Waals surface area contributed by atoms with E-state index in [-0.39, 0.29) is 27.8 Å². The van der Waals surface area contributed by atoms with Crippen molar-refractivity contribution in [3.63, 3.8) is 0 Å². The van der Waals surface area contributed by atoms with Crippen LogP contribution >= 0.6 is 23.2 Å². The minimum Gasteiger partial charge on any atom is -0.493 e. The standard InChI is InChI=1S/C18H16Cl2N2O5/c1-10(23)27-17-15(25-2)6-11(7-16(17)26-3)9-21-22-18(24)13-8-12(19)4-5-14(13)20/h4-9H,1-3H3,(H,22,24)/b21-9-. The first-order valence-corrected chi connectivity index (χ1v) is 8.34. The van der Waals surface area contributed by atoms with Crippen molar-refractivity contribution in [1.82, 2.24) is 5.43 Å². The number of carbonyl (C=O) groups is 2. The molecule has 0 fully saturated rings. The number of hydrogen-bond acceptors (Lipinski definition) is 6. The van der Waals surface area contributed by atoms with Crippen LogP contribution < -0.4 is 19.6 Å². The molecule has 2 aromatic rings. The molecule has 2 rings (SSSR count). The first kappa shape index (κ1) is 20.5. The van der Waals surface area contributed by atoms with Crippen LogP contribution in [0.2, 0.25) is 10.0 Å². The molecule has 0 saturated heterocycles. The molecule has 1 N–H and O–H groups in total. The molecule has 0 aromatic heterocycles. The van der Waals surface area contributed by atoms with Crippen molar-refractivity contribution in [2.75, 3.05) is 14.2 Å². The molecule has 142 valence electrons. The van der Waals surface area contributed by atoms with Gasteiger partial charge in [0.05, 0.1) is 31.0 Å². The van der Waals surface area contributed by atoms with Gasteiger partial charge in [-0.2, -0.15) is 5.10 Å². The van der Waals surface area contributed by atoms with Crippen molar-refractivity contribution in [3.8, 4) is 17.2 Å². The summed E-state index contributed by atoms with van der Waals surface area (Å²) < 4.78 is 15.5. The molecular formula is C18H16Cl2N2O5. The lowest BCUT2D eigenvalue weighted by atomic mass is 10.2. The summed E-state index contributed by atoms with van der Waals surface area (Å²) in [5.74, 6) is -0.335. The van der Waals surface area contributed by atoms with E-state index in [0.29, 0.717) is 10.6 Å². The van der Waals surface area contributed by atoms with Crippen LogP contribution in [0.5, 0.6) is 17.2 Å². The second-order valence-electron chi connectivity index (χ2n) is 5.17. The fraction of sp³-hybridized carbons (Fsp3) is 0.167. The number of methoxy groups -OCH3 is 2. The number of benzene rings is 2. The minimum absolute atomic E-state index is 0.152.